The Morgan fingerprint density at radius 1 is 1.14 bits per heavy atom. The minimum Gasteiger partial charge on any atom is -0.489 e. The lowest BCUT2D eigenvalue weighted by atomic mass is 9.77. The van der Waals surface area contributed by atoms with E-state index in [1.807, 2.05) is 52.8 Å². The zero-order valence-electron chi connectivity index (χ0n) is 22.0. The van der Waals surface area contributed by atoms with Gasteiger partial charge in [0, 0.05) is 41.9 Å². The largest absolute Gasteiger partial charge is 0.489 e. The van der Waals surface area contributed by atoms with Crippen molar-refractivity contribution < 1.29 is 28.9 Å². The molecule has 1 aliphatic rings. The number of benzene rings is 1. The third kappa shape index (κ3) is 4.79. The van der Waals surface area contributed by atoms with Crippen LogP contribution in [0, 0.1) is 5.92 Å². The predicted octanol–water partition coefficient (Wildman–Crippen LogP) is 3.02. The molecule has 9 heteroatoms. The van der Waals surface area contributed by atoms with Crippen LogP contribution in [-0.4, -0.2) is 51.6 Å². The van der Waals surface area contributed by atoms with Gasteiger partial charge < -0.3 is 24.6 Å². The first kappa shape index (κ1) is 26.2. The predicted molar refractivity (Wildman–Crippen MR) is 139 cm³/mol. The monoisotopic (exact) mass is 507 g/mol. The van der Waals surface area contributed by atoms with Gasteiger partial charge >= 0.3 is 12.1 Å². The first-order valence-corrected chi connectivity index (χ1v) is 12.1. The zero-order valence-corrected chi connectivity index (χ0v) is 22.0. The highest BCUT2D eigenvalue weighted by atomic mass is 16.6. The standard InChI is InChI=1S/C28H33N3O6/c1-17(2)28(25(32)37-27(3,4)5)21(16-35-6)24-20-13-19(36-15-18-9-11-29-12-10-18)7-8-22(20)31(26(33)34)23(24)14-30-28/h7-14,17,30H,15-16H2,1-6H3,(H,33,34). The maximum Gasteiger partial charge on any atom is 0.416 e. The summed E-state index contributed by atoms with van der Waals surface area (Å²) in [4.78, 5) is 30.1. The van der Waals surface area contributed by atoms with E-state index >= 15 is 0 Å². The minimum atomic E-state index is -1.26. The number of carboxylic acid groups (broad SMARTS) is 1. The van der Waals surface area contributed by atoms with E-state index in [1.54, 1.807) is 37.8 Å². The van der Waals surface area contributed by atoms with E-state index in [0.29, 0.717) is 39.4 Å². The van der Waals surface area contributed by atoms with Crippen LogP contribution in [-0.2, 0) is 20.9 Å². The van der Waals surface area contributed by atoms with Crippen molar-refractivity contribution in [1.29, 1.82) is 0 Å². The molecule has 0 radical (unpaired) electrons. The first-order chi connectivity index (χ1) is 17.5. The second-order valence-corrected chi connectivity index (χ2v) is 10.4. The van der Waals surface area contributed by atoms with E-state index in [-0.39, 0.29) is 12.5 Å². The van der Waals surface area contributed by atoms with Gasteiger partial charge in [0.25, 0.3) is 0 Å². The van der Waals surface area contributed by atoms with Crippen molar-refractivity contribution in [2.75, 3.05) is 13.7 Å². The van der Waals surface area contributed by atoms with Crippen LogP contribution in [0.4, 0.5) is 4.79 Å². The Bertz CT molecular complexity index is 1450. The van der Waals surface area contributed by atoms with Gasteiger partial charge in [-0.1, -0.05) is 13.8 Å². The Morgan fingerprint density at radius 3 is 2.43 bits per heavy atom. The van der Waals surface area contributed by atoms with E-state index in [4.69, 9.17) is 14.2 Å². The van der Waals surface area contributed by atoms with Crippen LogP contribution in [0.1, 0.15) is 40.2 Å². The molecule has 0 fully saturated rings. The molecule has 37 heavy (non-hydrogen) atoms. The molecule has 9 nitrogen and oxygen atoms in total. The second kappa shape index (κ2) is 9.89. The fourth-order valence-electron chi connectivity index (χ4n) is 4.77. The van der Waals surface area contributed by atoms with Crippen molar-refractivity contribution in [3.8, 4) is 5.75 Å². The molecule has 2 aromatic heterocycles. The van der Waals surface area contributed by atoms with Crippen molar-refractivity contribution in [3.05, 3.63) is 58.9 Å². The number of fused-ring (bicyclic) bond motifs is 3. The summed E-state index contributed by atoms with van der Waals surface area (Å²) < 4.78 is 18.7. The molecule has 4 rings (SSSR count). The third-order valence-electron chi connectivity index (χ3n) is 6.41. The Morgan fingerprint density at radius 2 is 1.84 bits per heavy atom. The Hall–Kier alpha value is -3.85. The quantitative estimate of drug-likeness (QED) is 0.470. The Balaban J connectivity index is 1.99. The highest BCUT2D eigenvalue weighted by Crippen LogP contribution is 2.33. The molecule has 0 bridgehead atoms. The molecule has 0 spiro atoms. The van der Waals surface area contributed by atoms with Gasteiger partial charge in [-0.25, -0.2) is 14.2 Å². The van der Waals surface area contributed by atoms with Crippen LogP contribution in [0.2, 0.25) is 0 Å². The average molecular weight is 508 g/mol. The smallest absolute Gasteiger partial charge is 0.416 e. The Labute approximate surface area is 215 Å². The van der Waals surface area contributed by atoms with E-state index in [1.165, 1.54) is 4.57 Å². The summed E-state index contributed by atoms with van der Waals surface area (Å²) in [6, 6.07) is 8.99. The van der Waals surface area contributed by atoms with Crippen molar-refractivity contribution in [2.45, 2.75) is 52.4 Å². The van der Waals surface area contributed by atoms with Crippen LogP contribution in [0.15, 0.2) is 42.7 Å². The second-order valence-electron chi connectivity index (χ2n) is 10.4. The fourth-order valence-corrected chi connectivity index (χ4v) is 4.77. The van der Waals surface area contributed by atoms with E-state index in [9.17, 15) is 14.7 Å². The number of rotatable bonds is 7. The number of hydrogen-bond acceptors (Lipinski definition) is 7. The lowest BCUT2D eigenvalue weighted by Gasteiger charge is -2.40. The highest BCUT2D eigenvalue weighted by molar-refractivity contribution is 6.00. The number of carbonyl (C=O) groups is 2. The molecule has 1 aromatic carbocycles. The third-order valence-corrected chi connectivity index (χ3v) is 6.41. The summed E-state index contributed by atoms with van der Waals surface area (Å²) >= 11 is 0. The first-order valence-electron chi connectivity index (χ1n) is 12.1. The number of nitrogens with one attached hydrogen (secondary N) is 1. The average Bonchev–Trinajstić information content (AvgIpc) is 3.16. The number of aromatic nitrogens is 2. The number of hydrogen-bond donors (Lipinski definition) is 2. The van der Waals surface area contributed by atoms with Gasteiger partial charge in [-0.3, -0.25) is 4.98 Å². The molecule has 3 aromatic rings. The molecule has 196 valence electrons. The molecule has 1 unspecified atom stereocenters. The molecular formula is C28H33N3O6. The lowest BCUT2D eigenvalue weighted by Crippen LogP contribution is -2.63. The summed E-state index contributed by atoms with van der Waals surface area (Å²) in [7, 11) is 1.55. The molecule has 3 heterocycles. The van der Waals surface area contributed by atoms with Crippen LogP contribution >= 0.6 is 0 Å². The zero-order chi connectivity index (χ0) is 27.0. The molecule has 1 atom stereocenters. The molecule has 0 saturated carbocycles. The minimum absolute atomic E-state index is 0.0894. The number of nitrogens with zero attached hydrogens (tertiary/aromatic N) is 2. The summed E-state index contributed by atoms with van der Waals surface area (Å²) in [6.45, 7) is 9.70. The van der Waals surface area contributed by atoms with Crippen molar-refractivity contribution in [1.82, 2.24) is 14.9 Å². The van der Waals surface area contributed by atoms with Gasteiger partial charge in [-0.15, -0.1) is 0 Å². The SMILES string of the molecule is COCC1=c2c(n(C(=O)O)c3ccc(OCc4ccncc4)cc23)=CNC1(C(=O)OC(C)(C)C)C(C)C. The lowest BCUT2D eigenvalue weighted by molar-refractivity contribution is -0.162. The molecule has 0 amide bonds. The number of carbonyl (C=O) groups excluding carboxylic acids is 1. The van der Waals surface area contributed by atoms with Crippen LogP contribution in [0.25, 0.3) is 22.7 Å². The number of pyridine rings is 1. The summed E-state index contributed by atoms with van der Waals surface area (Å²) in [5.41, 5.74) is 0.0505. The summed E-state index contributed by atoms with van der Waals surface area (Å²) in [6.07, 6.45) is 3.84. The van der Waals surface area contributed by atoms with Crippen LogP contribution < -0.4 is 20.6 Å². The maximum absolute atomic E-state index is 13.7. The van der Waals surface area contributed by atoms with Crippen molar-refractivity contribution in [3.63, 3.8) is 0 Å². The fraction of sp³-hybridized carbons (Fsp3) is 0.393. The van der Waals surface area contributed by atoms with E-state index in [2.05, 4.69) is 10.3 Å². The summed E-state index contributed by atoms with van der Waals surface area (Å²) in [5.74, 6) is -0.131. The van der Waals surface area contributed by atoms with Gasteiger partial charge in [0.15, 0.2) is 5.54 Å². The molecule has 1 aliphatic heterocycles. The number of ether oxygens (including phenoxy) is 3. The number of methoxy groups -OCH3 is 1. The molecule has 0 saturated heterocycles. The Kier molecular flexibility index (Phi) is 7.01. The van der Waals surface area contributed by atoms with Gasteiger partial charge in [-0.05, 0) is 62.6 Å². The van der Waals surface area contributed by atoms with Crippen molar-refractivity contribution in [2.24, 2.45) is 5.92 Å². The number of esters is 1. The van der Waals surface area contributed by atoms with Gasteiger partial charge in [0.05, 0.1) is 17.5 Å². The molecule has 0 aliphatic carbocycles. The maximum atomic E-state index is 13.7. The van der Waals surface area contributed by atoms with E-state index < -0.39 is 23.2 Å². The molecular weight excluding hydrogens is 474 g/mol. The van der Waals surface area contributed by atoms with Crippen molar-refractivity contribution >= 4 is 34.7 Å². The highest BCUT2D eigenvalue weighted by Gasteiger charge is 2.49. The summed E-state index contributed by atoms with van der Waals surface area (Å²) in [5, 5.41) is 15.0. The van der Waals surface area contributed by atoms with Gasteiger partial charge in [0.1, 0.15) is 18.0 Å². The van der Waals surface area contributed by atoms with Gasteiger partial charge in [-0.2, -0.15) is 0 Å². The normalized spacial score (nSPS) is 17.2. The topological polar surface area (TPSA) is 112 Å². The van der Waals surface area contributed by atoms with Crippen LogP contribution in [0.5, 0.6) is 5.75 Å². The van der Waals surface area contributed by atoms with Gasteiger partial charge in [0.2, 0.25) is 0 Å². The van der Waals surface area contributed by atoms with E-state index in [0.717, 1.165) is 5.56 Å². The van der Waals surface area contributed by atoms with Crippen LogP contribution in [0.3, 0.4) is 0 Å². The molecule has 2 N–H and O–H groups in total.